The second kappa shape index (κ2) is 3.51. The quantitative estimate of drug-likeness (QED) is 0.699. The van der Waals surface area contributed by atoms with Crippen LogP contribution in [0.2, 0.25) is 0 Å². The first-order valence-corrected chi connectivity index (χ1v) is 5.29. The highest BCUT2D eigenvalue weighted by Crippen LogP contribution is 2.53. The van der Waals surface area contributed by atoms with Crippen LogP contribution in [0.5, 0.6) is 5.75 Å². The van der Waals surface area contributed by atoms with Crippen molar-refractivity contribution in [1.29, 1.82) is 0 Å². The van der Waals surface area contributed by atoms with Gasteiger partial charge in [0.15, 0.2) is 0 Å². The van der Waals surface area contributed by atoms with Crippen LogP contribution in [0.4, 0.5) is 0 Å². The molecule has 0 amide bonds. The van der Waals surface area contributed by atoms with Gasteiger partial charge in [0.2, 0.25) is 0 Å². The molecule has 1 aromatic rings. The van der Waals surface area contributed by atoms with Gasteiger partial charge in [-0.05, 0) is 19.8 Å². The number of aromatic hydroxyl groups is 1. The summed E-state index contributed by atoms with van der Waals surface area (Å²) in [4.78, 5) is 0. The maximum absolute atomic E-state index is 10.00. The number of aliphatic hydroxyl groups is 1. The van der Waals surface area contributed by atoms with Gasteiger partial charge in [0, 0.05) is 22.6 Å². The molecule has 4 N–H and O–H groups in total. The number of aliphatic hydroxyl groups excluding tert-OH is 1. The lowest BCUT2D eigenvalue weighted by atomic mass is 9.87. The first-order valence-electron chi connectivity index (χ1n) is 5.29. The molecule has 0 spiro atoms. The van der Waals surface area contributed by atoms with Crippen molar-refractivity contribution in [3.05, 3.63) is 29.3 Å². The topological polar surface area (TPSA) is 66.5 Å². The van der Waals surface area contributed by atoms with Crippen molar-refractivity contribution in [2.75, 3.05) is 0 Å². The number of para-hydroxylation sites is 1. The predicted octanol–water partition coefficient (Wildman–Crippen LogP) is 1.26. The highest BCUT2D eigenvalue weighted by Gasteiger charge is 2.49. The van der Waals surface area contributed by atoms with E-state index in [0.717, 1.165) is 18.4 Å². The summed E-state index contributed by atoms with van der Waals surface area (Å²) in [5.41, 5.74) is 7.37. The molecule has 1 atom stereocenters. The zero-order chi connectivity index (χ0) is 11.1. The number of rotatable bonds is 3. The van der Waals surface area contributed by atoms with Crippen LogP contribution in [0.1, 0.15) is 30.9 Å². The van der Waals surface area contributed by atoms with Crippen LogP contribution >= 0.6 is 0 Å². The van der Waals surface area contributed by atoms with E-state index in [9.17, 15) is 5.11 Å². The number of hydrogen-bond acceptors (Lipinski definition) is 3. The molecule has 0 radical (unpaired) electrons. The summed E-state index contributed by atoms with van der Waals surface area (Å²) in [5.74, 6) is 0.217. The van der Waals surface area contributed by atoms with Crippen molar-refractivity contribution in [3.63, 3.8) is 0 Å². The lowest BCUT2D eigenvalue weighted by Crippen LogP contribution is -2.31. The van der Waals surface area contributed by atoms with E-state index in [2.05, 4.69) is 0 Å². The molecule has 1 aromatic carbocycles. The van der Waals surface area contributed by atoms with E-state index in [4.69, 9.17) is 10.8 Å². The molecule has 1 fully saturated rings. The SMILES string of the molecule is CC(N)C1(c2cccc(CO)c2O)CC1. The number of benzene rings is 1. The van der Waals surface area contributed by atoms with Crippen molar-refractivity contribution in [2.45, 2.75) is 37.8 Å². The smallest absolute Gasteiger partial charge is 0.124 e. The second-order valence-electron chi connectivity index (χ2n) is 4.42. The highest BCUT2D eigenvalue weighted by molar-refractivity contribution is 5.48. The van der Waals surface area contributed by atoms with Gasteiger partial charge in [-0.2, -0.15) is 0 Å². The lowest BCUT2D eigenvalue weighted by Gasteiger charge is -2.22. The average Bonchev–Trinajstić information content (AvgIpc) is 2.99. The molecule has 82 valence electrons. The molecule has 0 bridgehead atoms. The minimum Gasteiger partial charge on any atom is -0.507 e. The first-order chi connectivity index (χ1) is 7.12. The van der Waals surface area contributed by atoms with E-state index in [1.54, 1.807) is 6.07 Å². The van der Waals surface area contributed by atoms with Gasteiger partial charge in [-0.15, -0.1) is 0 Å². The standard InChI is InChI=1S/C12H17NO2/c1-8(13)12(5-6-12)10-4-2-3-9(7-14)11(10)15/h2-4,8,14-15H,5-7,13H2,1H3. The monoisotopic (exact) mass is 207 g/mol. The van der Waals surface area contributed by atoms with E-state index < -0.39 is 0 Å². The molecule has 2 rings (SSSR count). The first kappa shape index (κ1) is 10.5. The van der Waals surface area contributed by atoms with E-state index in [0.29, 0.717) is 5.56 Å². The van der Waals surface area contributed by atoms with Crippen LogP contribution in [0.3, 0.4) is 0 Å². The van der Waals surface area contributed by atoms with Gasteiger partial charge >= 0.3 is 0 Å². The maximum Gasteiger partial charge on any atom is 0.124 e. The molecule has 0 aromatic heterocycles. The summed E-state index contributed by atoms with van der Waals surface area (Å²) in [6.07, 6.45) is 2.04. The van der Waals surface area contributed by atoms with Crippen molar-refractivity contribution >= 4 is 0 Å². The predicted molar refractivity (Wildman–Crippen MR) is 58.6 cm³/mol. The Morgan fingerprint density at radius 1 is 1.47 bits per heavy atom. The Balaban J connectivity index is 2.45. The number of phenols is 1. The van der Waals surface area contributed by atoms with Crippen molar-refractivity contribution in [3.8, 4) is 5.75 Å². The Labute approximate surface area is 89.5 Å². The molecule has 1 aliphatic carbocycles. The van der Waals surface area contributed by atoms with Gasteiger partial charge in [-0.3, -0.25) is 0 Å². The molecule has 1 aliphatic rings. The fourth-order valence-electron chi connectivity index (χ4n) is 2.23. The van der Waals surface area contributed by atoms with Crippen molar-refractivity contribution < 1.29 is 10.2 Å². The van der Waals surface area contributed by atoms with Crippen LogP contribution in [-0.4, -0.2) is 16.3 Å². The highest BCUT2D eigenvalue weighted by atomic mass is 16.3. The molecule has 3 heteroatoms. The van der Waals surface area contributed by atoms with Gasteiger partial charge in [0.05, 0.1) is 6.61 Å². The van der Waals surface area contributed by atoms with Crippen molar-refractivity contribution in [2.24, 2.45) is 5.73 Å². The third-order valence-electron chi connectivity index (χ3n) is 3.49. The van der Waals surface area contributed by atoms with E-state index >= 15 is 0 Å². The Morgan fingerprint density at radius 3 is 2.60 bits per heavy atom. The summed E-state index contributed by atoms with van der Waals surface area (Å²) >= 11 is 0. The summed E-state index contributed by atoms with van der Waals surface area (Å²) in [5, 5.41) is 19.1. The van der Waals surface area contributed by atoms with Crippen LogP contribution < -0.4 is 5.73 Å². The largest absolute Gasteiger partial charge is 0.507 e. The minimum atomic E-state index is -0.130. The summed E-state index contributed by atoms with van der Waals surface area (Å²) < 4.78 is 0. The van der Waals surface area contributed by atoms with Gasteiger partial charge < -0.3 is 15.9 Å². The third-order valence-corrected chi connectivity index (χ3v) is 3.49. The molecular formula is C12H17NO2. The Morgan fingerprint density at radius 2 is 2.13 bits per heavy atom. The Hall–Kier alpha value is -1.06. The summed E-state index contributed by atoms with van der Waals surface area (Å²) in [6, 6.07) is 5.54. The van der Waals surface area contributed by atoms with Crippen LogP contribution in [0, 0.1) is 0 Å². The molecule has 0 aliphatic heterocycles. The van der Waals surface area contributed by atoms with Gasteiger partial charge in [0.25, 0.3) is 0 Å². The van der Waals surface area contributed by atoms with E-state index in [1.165, 1.54) is 0 Å². The molecule has 15 heavy (non-hydrogen) atoms. The number of hydrogen-bond donors (Lipinski definition) is 3. The lowest BCUT2D eigenvalue weighted by molar-refractivity contribution is 0.274. The molecule has 1 unspecified atom stereocenters. The molecule has 0 heterocycles. The normalized spacial score (nSPS) is 19.9. The zero-order valence-electron chi connectivity index (χ0n) is 8.90. The zero-order valence-corrected chi connectivity index (χ0v) is 8.90. The van der Waals surface area contributed by atoms with Crippen LogP contribution in [0.15, 0.2) is 18.2 Å². The summed E-state index contributed by atoms with van der Waals surface area (Å²) in [7, 11) is 0. The van der Waals surface area contributed by atoms with Crippen molar-refractivity contribution in [1.82, 2.24) is 0 Å². The van der Waals surface area contributed by atoms with Gasteiger partial charge in [-0.1, -0.05) is 18.2 Å². The van der Waals surface area contributed by atoms with Crippen LogP contribution in [0.25, 0.3) is 0 Å². The van der Waals surface area contributed by atoms with Gasteiger partial charge in [-0.25, -0.2) is 0 Å². The van der Waals surface area contributed by atoms with Gasteiger partial charge in [0.1, 0.15) is 5.75 Å². The number of nitrogens with two attached hydrogens (primary N) is 1. The average molecular weight is 207 g/mol. The maximum atomic E-state index is 10.00. The van der Waals surface area contributed by atoms with E-state index in [-0.39, 0.29) is 23.8 Å². The minimum absolute atomic E-state index is 0.0392. The third kappa shape index (κ3) is 1.52. The summed E-state index contributed by atoms with van der Waals surface area (Å²) in [6.45, 7) is 1.84. The fraction of sp³-hybridized carbons (Fsp3) is 0.500. The fourth-order valence-corrected chi connectivity index (χ4v) is 2.23. The molecular weight excluding hydrogens is 190 g/mol. The second-order valence-corrected chi connectivity index (χ2v) is 4.42. The Bertz CT molecular complexity index is 370. The molecule has 3 nitrogen and oxygen atoms in total. The molecule has 1 saturated carbocycles. The van der Waals surface area contributed by atoms with E-state index in [1.807, 2.05) is 19.1 Å². The molecule has 0 saturated heterocycles. The Kier molecular flexibility index (Phi) is 2.44. The van der Waals surface area contributed by atoms with Crippen LogP contribution in [-0.2, 0) is 12.0 Å².